The molecule has 0 bridgehead atoms. The predicted octanol–water partition coefficient (Wildman–Crippen LogP) is 3.09. The summed E-state index contributed by atoms with van der Waals surface area (Å²) in [4.78, 5) is 22.6. The molecule has 0 fully saturated rings. The van der Waals surface area contributed by atoms with Gasteiger partial charge in [-0.15, -0.1) is 0 Å². The number of aromatic amines is 1. The summed E-state index contributed by atoms with van der Waals surface area (Å²) in [5.41, 5.74) is 0.615. The molecule has 28 heavy (non-hydrogen) atoms. The predicted molar refractivity (Wildman–Crippen MR) is 93.6 cm³/mol. The zero-order chi connectivity index (χ0) is 19.7. The molecule has 0 saturated carbocycles. The van der Waals surface area contributed by atoms with E-state index in [1.54, 1.807) is 30.3 Å². The van der Waals surface area contributed by atoms with Gasteiger partial charge in [-0.1, -0.05) is 6.07 Å². The molecule has 0 aliphatic rings. The highest BCUT2D eigenvalue weighted by molar-refractivity contribution is 5.94. The Morgan fingerprint density at radius 3 is 2.71 bits per heavy atom. The van der Waals surface area contributed by atoms with E-state index < -0.39 is 11.9 Å². The van der Waals surface area contributed by atoms with Gasteiger partial charge >= 0.3 is 6.18 Å². The number of rotatable bonds is 4. The minimum Gasteiger partial charge on any atom is -0.351 e. The molecule has 3 heterocycles. The number of H-pyrrole nitrogens is 1. The molecular formula is C18H13F3N6O. The van der Waals surface area contributed by atoms with Crippen LogP contribution in [0.1, 0.15) is 21.6 Å². The molecule has 10 heteroatoms. The average molecular weight is 386 g/mol. The number of aromatic nitrogens is 5. The number of hydrogen-bond donors (Lipinski definition) is 2. The summed E-state index contributed by atoms with van der Waals surface area (Å²) in [5, 5.41) is 7.10. The van der Waals surface area contributed by atoms with E-state index >= 15 is 0 Å². The van der Waals surface area contributed by atoms with Crippen molar-refractivity contribution < 1.29 is 18.0 Å². The lowest BCUT2D eigenvalue weighted by Crippen LogP contribution is -2.23. The van der Waals surface area contributed by atoms with Crippen molar-refractivity contribution in [3.63, 3.8) is 0 Å². The van der Waals surface area contributed by atoms with Crippen molar-refractivity contribution in [2.45, 2.75) is 12.7 Å². The average Bonchev–Trinajstić information content (AvgIpc) is 3.35. The van der Waals surface area contributed by atoms with E-state index in [1.807, 2.05) is 0 Å². The summed E-state index contributed by atoms with van der Waals surface area (Å²) < 4.78 is 39.8. The molecule has 7 nitrogen and oxygen atoms in total. The molecule has 0 radical (unpaired) electrons. The monoisotopic (exact) mass is 386 g/mol. The number of pyridine rings is 1. The molecule has 1 amide bonds. The Hall–Kier alpha value is -3.69. The number of nitrogens with one attached hydrogen (secondary N) is 2. The highest BCUT2D eigenvalue weighted by atomic mass is 19.4. The van der Waals surface area contributed by atoms with Crippen molar-refractivity contribution in [2.75, 3.05) is 0 Å². The standard InChI is InChI=1S/C18H13F3N6O/c19-18(20,21)15-6-13-5-11(1-3-14(13)26-15)7-24-17(28)12-2-4-16(23-8-12)27-10-22-9-25-27/h1-6,8-10,26H,7H2,(H,24,28). The molecule has 0 aliphatic carbocycles. The lowest BCUT2D eigenvalue weighted by atomic mass is 10.1. The second-order valence-corrected chi connectivity index (χ2v) is 6.03. The normalized spacial score (nSPS) is 11.7. The third-order valence-electron chi connectivity index (χ3n) is 4.11. The minimum atomic E-state index is -4.43. The molecule has 3 aromatic heterocycles. The smallest absolute Gasteiger partial charge is 0.351 e. The second-order valence-electron chi connectivity index (χ2n) is 6.03. The Balaban J connectivity index is 1.44. The number of nitrogens with zero attached hydrogens (tertiary/aromatic N) is 4. The number of amides is 1. The zero-order valence-corrected chi connectivity index (χ0v) is 14.2. The number of hydrogen-bond acceptors (Lipinski definition) is 4. The lowest BCUT2D eigenvalue weighted by Gasteiger charge is -2.06. The van der Waals surface area contributed by atoms with Gasteiger partial charge in [0.2, 0.25) is 0 Å². The van der Waals surface area contributed by atoms with Crippen LogP contribution in [0.2, 0.25) is 0 Å². The number of carbonyl (C=O) groups excluding carboxylic acids is 1. The maximum absolute atomic E-state index is 12.8. The first-order valence-corrected chi connectivity index (χ1v) is 8.18. The van der Waals surface area contributed by atoms with Crippen LogP contribution in [0.25, 0.3) is 16.7 Å². The first kappa shape index (κ1) is 17.7. The zero-order valence-electron chi connectivity index (χ0n) is 14.2. The van der Waals surface area contributed by atoms with E-state index in [1.165, 1.54) is 23.5 Å². The summed E-state index contributed by atoms with van der Waals surface area (Å²) in [7, 11) is 0. The van der Waals surface area contributed by atoms with Crippen LogP contribution >= 0.6 is 0 Å². The van der Waals surface area contributed by atoms with Crippen molar-refractivity contribution in [3.05, 3.63) is 72.1 Å². The number of fused-ring (bicyclic) bond motifs is 1. The summed E-state index contributed by atoms with van der Waals surface area (Å²) in [5.74, 6) is 0.176. The van der Waals surface area contributed by atoms with E-state index in [4.69, 9.17) is 0 Å². The van der Waals surface area contributed by atoms with Gasteiger partial charge in [0.15, 0.2) is 5.82 Å². The Bertz CT molecular complexity index is 1120. The van der Waals surface area contributed by atoms with Crippen LogP contribution in [0.3, 0.4) is 0 Å². The molecule has 142 valence electrons. The summed E-state index contributed by atoms with van der Waals surface area (Å²) >= 11 is 0. The van der Waals surface area contributed by atoms with Crippen LogP contribution in [-0.4, -0.2) is 30.6 Å². The van der Waals surface area contributed by atoms with Gasteiger partial charge in [0.25, 0.3) is 5.91 Å². The molecule has 0 aliphatic heterocycles. The van der Waals surface area contributed by atoms with Crippen LogP contribution in [-0.2, 0) is 12.7 Å². The van der Waals surface area contributed by atoms with Crippen LogP contribution in [0, 0.1) is 0 Å². The Kier molecular flexibility index (Phi) is 4.30. The fraction of sp³-hybridized carbons (Fsp3) is 0.111. The molecule has 1 aromatic carbocycles. The van der Waals surface area contributed by atoms with Crippen molar-refractivity contribution in [2.24, 2.45) is 0 Å². The van der Waals surface area contributed by atoms with Crippen molar-refractivity contribution >= 4 is 16.8 Å². The molecule has 0 atom stereocenters. The number of carbonyl (C=O) groups is 1. The highest BCUT2D eigenvalue weighted by Crippen LogP contribution is 2.31. The van der Waals surface area contributed by atoms with Gasteiger partial charge in [-0.25, -0.2) is 14.6 Å². The molecule has 0 unspecified atom stereocenters. The molecule has 0 spiro atoms. The lowest BCUT2D eigenvalue weighted by molar-refractivity contribution is -0.140. The van der Waals surface area contributed by atoms with Crippen LogP contribution in [0.4, 0.5) is 13.2 Å². The van der Waals surface area contributed by atoms with E-state index in [9.17, 15) is 18.0 Å². The molecule has 2 N–H and O–H groups in total. The highest BCUT2D eigenvalue weighted by Gasteiger charge is 2.32. The van der Waals surface area contributed by atoms with E-state index in [0.29, 0.717) is 27.8 Å². The molecular weight excluding hydrogens is 373 g/mol. The van der Waals surface area contributed by atoms with Gasteiger partial charge in [0.05, 0.1) is 5.56 Å². The Morgan fingerprint density at radius 1 is 1.18 bits per heavy atom. The fourth-order valence-corrected chi connectivity index (χ4v) is 2.71. The number of halogens is 3. The van der Waals surface area contributed by atoms with E-state index in [-0.39, 0.29) is 12.5 Å². The number of benzene rings is 1. The van der Waals surface area contributed by atoms with Crippen molar-refractivity contribution in [1.29, 1.82) is 0 Å². The van der Waals surface area contributed by atoms with Gasteiger partial charge in [-0.3, -0.25) is 4.79 Å². The topological polar surface area (TPSA) is 88.5 Å². The van der Waals surface area contributed by atoms with Gasteiger partial charge in [0.1, 0.15) is 18.3 Å². The maximum Gasteiger partial charge on any atom is 0.431 e. The van der Waals surface area contributed by atoms with E-state index in [0.717, 1.165) is 6.07 Å². The minimum absolute atomic E-state index is 0.173. The largest absolute Gasteiger partial charge is 0.431 e. The third kappa shape index (κ3) is 3.56. The summed E-state index contributed by atoms with van der Waals surface area (Å²) in [6.45, 7) is 0.173. The molecule has 0 saturated heterocycles. The van der Waals surface area contributed by atoms with E-state index in [2.05, 4.69) is 25.4 Å². The van der Waals surface area contributed by atoms with Crippen LogP contribution in [0.5, 0.6) is 0 Å². The van der Waals surface area contributed by atoms with Gasteiger partial charge < -0.3 is 10.3 Å². The SMILES string of the molecule is O=C(NCc1ccc2[nH]c(C(F)(F)F)cc2c1)c1ccc(-n2cncn2)nc1. The van der Waals surface area contributed by atoms with Crippen molar-refractivity contribution in [3.8, 4) is 5.82 Å². The van der Waals surface area contributed by atoms with Crippen LogP contribution in [0.15, 0.2) is 55.2 Å². The fourth-order valence-electron chi connectivity index (χ4n) is 2.71. The maximum atomic E-state index is 12.8. The first-order valence-electron chi connectivity index (χ1n) is 8.18. The first-order chi connectivity index (χ1) is 13.4. The van der Waals surface area contributed by atoms with Crippen molar-refractivity contribution in [1.82, 2.24) is 30.0 Å². The molecule has 4 aromatic rings. The Morgan fingerprint density at radius 2 is 2.04 bits per heavy atom. The summed E-state index contributed by atoms with van der Waals surface area (Å²) in [6, 6.07) is 9.10. The summed E-state index contributed by atoms with van der Waals surface area (Å²) in [6.07, 6.45) is -0.152. The molecule has 4 rings (SSSR count). The quantitative estimate of drug-likeness (QED) is 0.564. The van der Waals surface area contributed by atoms with Gasteiger partial charge in [-0.2, -0.15) is 18.3 Å². The number of alkyl halides is 3. The second kappa shape index (κ2) is 6.80. The third-order valence-corrected chi connectivity index (χ3v) is 4.11. The van der Waals surface area contributed by atoms with Gasteiger partial charge in [0, 0.05) is 23.6 Å². The van der Waals surface area contributed by atoms with Crippen LogP contribution < -0.4 is 5.32 Å². The Labute approximate surface area is 156 Å². The van der Waals surface area contributed by atoms with Gasteiger partial charge in [-0.05, 0) is 35.9 Å².